The Morgan fingerprint density at radius 3 is 2.75 bits per heavy atom. The fourth-order valence-electron chi connectivity index (χ4n) is 4.22. The van der Waals surface area contributed by atoms with Crippen LogP contribution in [0.3, 0.4) is 0 Å². The molecule has 0 radical (unpaired) electrons. The highest BCUT2D eigenvalue weighted by atomic mass is 35.5. The highest BCUT2D eigenvalue weighted by Gasteiger charge is 2.54. The van der Waals surface area contributed by atoms with Gasteiger partial charge >= 0.3 is 0 Å². The molecule has 3 aromatic rings. The lowest BCUT2D eigenvalue weighted by Gasteiger charge is -2.31. The Morgan fingerprint density at radius 1 is 1.11 bits per heavy atom. The van der Waals surface area contributed by atoms with Crippen molar-refractivity contribution in [3.05, 3.63) is 75.9 Å². The molecule has 5 rings (SSSR count). The second kappa shape index (κ2) is 5.94. The summed E-state index contributed by atoms with van der Waals surface area (Å²) in [6.07, 6.45) is 1.74. The zero-order valence-electron chi connectivity index (χ0n) is 15.1. The number of aryl methyl sites for hydroxylation is 1. The number of carbonyl (C=O) groups excluding carboxylic acids is 2. The molecule has 28 heavy (non-hydrogen) atoms. The Kier molecular flexibility index (Phi) is 3.61. The van der Waals surface area contributed by atoms with Crippen molar-refractivity contribution < 1.29 is 9.59 Å². The molecule has 0 saturated carbocycles. The summed E-state index contributed by atoms with van der Waals surface area (Å²) >= 11 is 6.29. The summed E-state index contributed by atoms with van der Waals surface area (Å²) in [7, 11) is 0. The molecule has 1 aromatic heterocycles. The van der Waals surface area contributed by atoms with E-state index < -0.39 is 5.41 Å². The number of hydrogen-bond acceptors (Lipinski definition) is 3. The van der Waals surface area contributed by atoms with Crippen LogP contribution in [0.1, 0.15) is 28.7 Å². The fourth-order valence-corrected chi connectivity index (χ4v) is 4.42. The van der Waals surface area contributed by atoms with Gasteiger partial charge in [0.15, 0.2) is 0 Å². The highest BCUT2D eigenvalue weighted by Crippen LogP contribution is 2.50. The van der Waals surface area contributed by atoms with Crippen LogP contribution >= 0.6 is 11.6 Å². The minimum atomic E-state index is -1.06. The van der Waals surface area contributed by atoms with E-state index in [1.165, 1.54) is 0 Å². The number of para-hydroxylation sites is 1. The summed E-state index contributed by atoms with van der Waals surface area (Å²) in [4.78, 5) is 25.8. The Labute approximate surface area is 166 Å². The average Bonchev–Trinajstić information content (AvgIpc) is 3.19. The smallest absolute Gasteiger partial charge is 0.240 e. The fraction of sp³-hybridized carbons (Fsp3) is 0.190. The molecule has 0 fully saturated rings. The third-order valence-electron chi connectivity index (χ3n) is 5.62. The van der Waals surface area contributed by atoms with Crippen molar-refractivity contribution in [1.82, 2.24) is 9.78 Å². The van der Waals surface area contributed by atoms with Crippen molar-refractivity contribution in [3.63, 3.8) is 0 Å². The largest absolute Gasteiger partial charge is 0.324 e. The number of anilines is 2. The maximum Gasteiger partial charge on any atom is 0.240 e. The standard InChI is InChI=1S/C21H17ClN4O2/c1-12-5-4-7-14-18(12)25-20(28)21(14)9-17(27)24-19-15(21)10-23-26(19)11-13-6-2-3-8-16(13)22/h2-8,10H,9,11H2,1H3,(H,24,27)(H,25,28)/t21-/m1/s1. The quantitative estimate of drug-likeness (QED) is 0.701. The van der Waals surface area contributed by atoms with E-state index >= 15 is 0 Å². The Morgan fingerprint density at radius 2 is 1.93 bits per heavy atom. The Hall–Kier alpha value is -3.12. The van der Waals surface area contributed by atoms with E-state index in [4.69, 9.17) is 11.6 Å². The summed E-state index contributed by atoms with van der Waals surface area (Å²) in [5.41, 5.74) is 3.12. The summed E-state index contributed by atoms with van der Waals surface area (Å²) in [6.45, 7) is 2.34. The molecule has 2 aliphatic heterocycles. The molecule has 0 saturated heterocycles. The first-order valence-corrected chi connectivity index (χ1v) is 9.39. The van der Waals surface area contributed by atoms with E-state index in [9.17, 15) is 9.59 Å². The van der Waals surface area contributed by atoms with E-state index in [0.717, 1.165) is 22.4 Å². The van der Waals surface area contributed by atoms with Gasteiger partial charge in [-0.3, -0.25) is 9.59 Å². The second-order valence-electron chi connectivity index (χ2n) is 7.24. The number of nitrogens with zero attached hydrogens (tertiary/aromatic N) is 2. The SMILES string of the molecule is Cc1cccc2c1NC(=O)[C@]21CC(=O)Nc2c1cnn2Cc1ccccc1Cl. The lowest BCUT2D eigenvalue weighted by Crippen LogP contribution is -2.43. The molecular formula is C21H17ClN4O2. The van der Waals surface area contributed by atoms with Gasteiger partial charge in [-0.2, -0.15) is 5.10 Å². The molecule has 140 valence electrons. The maximum atomic E-state index is 13.1. The van der Waals surface area contributed by atoms with Crippen LogP contribution in [-0.2, 0) is 21.5 Å². The number of benzene rings is 2. The van der Waals surface area contributed by atoms with E-state index in [1.54, 1.807) is 10.9 Å². The van der Waals surface area contributed by atoms with Gasteiger partial charge in [-0.05, 0) is 29.7 Å². The highest BCUT2D eigenvalue weighted by molar-refractivity contribution is 6.31. The van der Waals surface area contributed by atoms with Gasteiger partial charge in [0.25, 0.3) is 0 Å². The van der Waals surface area contributed by atoms with Crippen LogP contribution in [-0.4, -0.2) is 21.6 Å². The van der Waals surface area contributed by atoms with Gasteiger partial charge in [0, 0.05) is 22.7 Å². The maximum absolute atomic E-state index is 13.1. The Bertz CT molecular complexity index is 1150. The van der Waals surface area contributed by atoms with Crippen LogP contribution in [0.15, 0.2) is 48.7 Å². The van der Waals surface area contributed by atoms with Gasteiger partial charge in [0.05, 0.1) is 12.7 Å². The molecule has 2 aromatic carbocycles. The van der Waals surface area contributed by atoms with Gasteiger partial charge in [0.2, 0.25) is 11.8 Å². The van der Waals surface area contributed by atoms with Gasteiger partial charge < -0.3 is 10.6 Å². The minimum Gasteiger partial charge on any atom is -0.324 e. The third kappa shape index (κ3) is 2.24. The van der Waals surface area contributed by atoms with Crippen molar-refractivity contribution in [2.24, 2.45) is 0 Å². The van der Waals surface area contributed by atoms with Crippen LogP contribution in [0.4, 0.5) is 11.5 Å². The predicted octanol–water partition coefficient (Wildman–Crippen LogP) is 3.47. The summed E-state index contributed by atoms with van der Waals surface area (Å²) < 4.78 is 1.69. The molecule has 7 heteroatoms. The minimum absolute atomic E-state index is 0.0556. The topological polar surface area (TPSA) is 76.0 Å². The number of amides is 2. The zero-order chi connectivity index (χ0) is 19.5. The molecule has 1 spiro atoms. The van der Waals surface area contributed by atoms with E-state index in [-0.39, 0.29) is 18.2 Å². The van der Waals surface area contributed by atoms with Crippen LogP contribution in [0.2, 0.25) is 5.02 Å². The first kappa shape index (κ1) is 17.0. The summed E-state index contributed by atoms with van der Waals surface area (Å²) in [6, 6.07) is 13.3. The number of halogens is 1. The van der Waals surface area contributed by atoms with Crippen LogP contribution in [0.5, 0.6) is 0 Å². The molecule has 2 amide bonds. The van der Waals surface area contributed by atoms with Crippen LogP contribution in [0, 0.1) is 6.92 Å². The molecule has 0 bridgehead atoms. The molecule has 6 nitrogen and oxygen atoms in total. The first-order valence-electron chi connectivity index (χ1n) is 9.02. The summed E-state index contributed by atoms with van der Waals surface area (Å²) in [5.74, 6) is 0.142. The molecule has 3 heterocycles. The predicted molar refractivity (Wildman–Crippen MR) is 107 cm³/mol. The normalized spacial score (nSPS) is 19.9. The first-order chi connectivity index (χ1) is 13.5. The molecule has 1 atom stereocenters. The molecular weight excluding hydrogens is 376 g/mol. The van der Waals surface area contributed by atoms with Crippen molar-refractivity contribution in [2.45, 2.75) is 25.3 Å². The average molecular weight is 393 g/mol. The Balaban J connectivity index is 1.68. The van der Waals surface area contributed by atoms with E-state index in [1.807, 2.05) is 49.4 Å². The van der Waals surface area contributed by atoms with Gasteiger partial charge in [-0.15, -0.1) is 0 Å². The lowest BCUT2D eigenvalue weighted by molar-refractivity contribution is -0.125. The van der Waals surface area contributed by atoms with Crippen molar-refractivity contribution in [2.75, 3.05) is 10.6 Å². The van der Waals surface area contributed by atoms with Crippen molar-refractivity contribution in [1.29, 1.82) is 0 Å². The number of fused-ring (bicyclic) bond motifs is 4. The third-order valence-corrected chi connectivity index (χ3v) is 5.99. The number of rotatable bonds is 2. The van der Waals surface area contributed by atoms with Gasteiger partial charge in [-0.1, -0.05) is 48.0 Å². The van der Waals surface area contributed by atoms with Gasteiger partial charge in [0.1, 0.15) is 11.2 Å². The van der Waals surface area contributed by atoms with E-state index in [0.29, 0.717) is 22.9 Å². The molecule has 0 unspecified atom stereocenters. The van der Waals surface area contributed by atoms with Crippen molar-refractivity contribution >= 4 is 34.9 Å². The molecule has 2 aliphatic rings. The van der Waals surface area contributed by atoms with Crippen molar-refractivity contribution in [3.8, 4) is 0 Å². The molecule has 0 aliphatic carbocycles. The monoisotopic (exact) mass is 392 g/mol. The van der Waals surface area contributed by atoms with Crippen LogP contribution in [0.25, 0.3) is 0 Å². The zero-order valence-corrected chi connectivity index (χ0v) is 15.9. The van der Waals surface area contributed by atoms with E-state index in [2.05, 4.69) is 15.7 Å². The van der Waals surface area contributed by atoms with Gasteiger partial charge in [-0.25, -0.2) is 4.68 Å². The number of carbonyl (C=O) groups is 2. The van der Waals surface area contributed by atoms with Crippen LogP contribution < -0.4 is 10.6 Å². The molecule has 2 N–H and O–H groups in total. The number of hydrogen-bond donors (Lipinski definition) is 2. The summed E-state index contributed by atoms with van der Waals surface area (Å²) in [5, 5.41) is 11.0. The second-order valence-corrected chi connectivity index (χ2v) is 7.64. The lowest BCUT2D eigenvalue weighted by atomic mass is 9.71. The number of nitrogens with one attached hydrogen (secondary N) is 2. The number of aromatic nitrogens is 2.